The lowest BCUT2D eigenvalue weighted by atomic mass is 9.40. The highest BCUT2D eigenvalue weighted by molar-refractivity contribution is 6.74. The maximum Gasteiger partial charge on any atom is 0.192 e. The van der Waals surface area contributed by atoms with Crippen LogP contribution in [-0.2, 0) is 21.1 Å². The lowest BCUT2D eigenvalue weighted by Crippen LogP contribution is -2.62. The number of Topliss-reactive ketones (excluding diaryl/α,β-unsaturated/α-hetero) is 1. The van der Waals surface area contributed by atoms with Crippen molar-refractivity contribution in [2.24, 2.45) is 22.7 Å². The van der Waals surface area contributed by atoms with Crippen molar-refractivity contribution in [3.8, 4) is 0 Å². The van der Waals surface area contributed by atoms with Crippen LogP contribution < -0.4 is 0 Å². The molecule has 5 atom stereocenters. The lowest BCUT2D eigenvalue weighted by Gasteiger charge is -2.63. The molecule has 0 spiro atoms. The standard InChI is InChI=1S/C26H42O3Si/c1-23(2,3)30(7,8)29-17-26(6)21-11-13-24(4)19-16-28-15-18(19)9-10-20(24)25(21,5)14-12-22(26)27/h15-16,20-21H,9-14,17H2,1-8H3/t20-,21+,24-,25+,26+/m0/s1. The Morgan fingerprint density at radius 3 is 2.43 bits per heavy atom. The molecule has 0 aromatic carbocycles. The van der Waals surface area contributed by atoms with Gasteiger partial charge in [-0.1, -0.05) is 41.5 Å². The van der Waals surface area contributed by atoms with E-state index in [1.807, 2.05) is 12.5 Å². The molecule has 1 aromatic heterocycles. The number of ketones is 1. The molecule has 0 radical (unpaired) electrons. The maximum absolute atomic E-state index is 13.4. The van der Waals surface area contributed by atoms with Crippen LogP contribution in [-0.4, -0.2) is 20.7 Å². The third-order valence-corrected chi connectivity index (χ3v) is 14.7. The molecule has 2 fully saturated rings. The Bertz CT molecular complexity index is 834. The zero-order chi connectivity index (χ0) is 22.2. The summed E-state index contributed by atoms with van der Waals surface area (Å²) in [6, 6.07) is 0. The molecule has 4 heteroatoms. The van der Waals surface area contributed by atoms with Crippen molar-refractivity contribution in [3.63, 3.8) is 0 Å². The van der Waals surface area contributed by atoms with Crippen LogP contribution in [0.15, 0.2) is 16.9 Å². The van der Waals surface area contributed by atoms with Gasteiger partial charge in [0.25, 0.3) is 0 Å². The van der Waals surface area contributed by atoms with E-state index >= 15 is 0 Å². The molecule has 3 aliphatic carbocycles. The zero-order valence-electron chi connectivity index (χ0n) is 20.5. The van der Waals surface area contributed by atoms with Gasteiger partial charge in [0.15, 0.2) is 8.32 Å². The van der Waals surface area contributed by atoms with Crippen LogP contribution in [0.25, 0.3) is 0 Å². The Morgan fingerprint density at radius 2 is 1.77 bits per heavy atom. The van der Waals surface area contributed by atoms with Gasteiger partial charge < -0.3 is 8.84 Å². The van der Waals surface area contributed by atoms with Crippen LogP contribution >= 0.6 is 0 Å². The van der Waals surface area contributed by atoms with Crippen LogP contribution in [0.3, 0.4) is 0 Å². The normalized spacial score (nSPS) is 39.3. The van der Waals surface area contributed by atoms with Crippen LogP contribution in [0.2, 0.25) is 18.1 Å². The number of furan rings is 1. The van der Waals surface area contributed by atoms with Crippen molar-refractivity contribution in [2.45, 2.75) is 104 Å². The van der Waals surface area contributed by atoms with E-state index in [1.165, 1.54) is 17.5 Å². The Labute approximate surface area is 184 Å². The second kappa shape index (κ2) is 6.81. The van der Waals surface area contributed by atoms with Crippen LogP contribution in [0, 0.1) is 22.7 Å². The number of hydrogen-bond donors (Lipinski definition) is 0. The van der Waals surface area contributed by atoms with E-state index in [0.29, 0.717) is 30.6 Å². The highest BCUT2D eigenvalue weighted by Gasteiger charge is 2.63. The van der Waals surface area contributed by atoms with Crippen molar-refractivity contribution < 1.29 is 13.6 Å². The molecule has 0 amide bonds. The fraction of sp³-hybridized carbons (Fsp3) is 0.808. The summed E-state index contributed by atoms with van der Waals surface area (Å²) in [6.45, 7) is 19.3. The molecule has 0 N–H and O–H groups in total. The summed E-state index contributed by atoms with van der Waals surface area (Å²) >= 11 is 0. The molecule has 2 saturated carbocycles. The molecule has 30 heavy (non-hydrogen) atoms. The van der Waals surface area contributed by atoms with Gasteiger partial charge >= 0.3 is 0 Å². The van der Waals surface area contributed by atoms with E-state index in [4.69, 9.17) is 8.84 Å². The number of hydrogen-bond acceptors (Lipinski definition) is 3. The fourth-order valence-corrected chi connectivity index (χ4v) is 8.29. The van der Waals surface area contributed by atoms with Crippen molar-refractivity contribution in [1.29, 1.82) is 0 Å². The lowest BCUT2D eigenvalue weighted by molar-refractivity contribution is -0.161. The van der Waals surface area contributed by atoms with Gasteiger partial charge in [0.2, 0.25) is 0 Å². The van der Waals surface area contributed by atoms with Crippen LogP contribution in [0.1, 0.15) is 84.8 Å². The van der Waals surface area contributed by atoms with Crippen molar-refractivity contribution in [1.82, 2.24) is 0 Å². The Hall–Kier alpha value is -0.873. The smallest absolute Gasteiger partial charge is 0.192 e. The second-order valence-corrected chi connectivity index (χ2v) is 17.6. The van der Waals surface area contributed by atoms with Gasteiger partial charge in [-0.05, 0) is 84.0 Å². The molecule has 3 aliphatic rings. The number of fused-ring (bicyclic) bond motifs is 5. The second-order valence-electron chi connectivity index (χ2n) is 12.8. The molecule has 0 saturated heterocycles. The van der Waals surface area contributed by atoms with Crippen molar-refractivity contribution >= 4 is 14.1 Å². The summed E-state index contributed by atoms with van der Waals surface area (Å²) in [5, 5.41) is 0.163. The fourth-order valence-electron chi connectivity index (χ4n) is 7.19. The predicted octanol–water partition coefficient (Wildman–Crippen LogP) is 6.91. The molecule has 0 bridgehead atoms. The van der Waals surface area contributed by atoms with Crippen LogP contribution in [0.4, 0.5) is 0 Å². The van der Waals surface area contributed by atoms with Crippen LogP contribution in [0.5, 0.6) is 0 Å². The van der Waals surface area contributed by atoms with E-state index in [1.54, 1.807) is 0 Å². The van der Waals surface area contributed by atoms with E-state index in [0.717, 1.165) is 25.7 Å². The molecule has 4 rings (SSSR count). The molecular weight excluding hydrogens is 388 g/mol. The van der Waals surface area contributed by atoms with Gasteiger partial charge in [0.05, 0.1) is 17.9 Å². The predicted molar refractivity (Wildman–Crippen MR) is 124 cm³/mol. The monoisotopic (exact) mass is 430 g/mol. The first-order valence-electron chi connectivity index (χ1n) is 12.0. The first-order valence-corrected chi connectivity index (χ1v) is 14.9. The Kier molecular flexibility index (Phi) is 5.07. The number of aryl methyl sites for hydroxylation is 1. The minimum Gasteiger partial charge on any atom is -0.472 e. The van der Waals surface area contributed by atoms with E-state index in [9.17, 15) is 4.79 Å². The molecule has 3 nitrogen and oxygen atoms in total. The zero-order valence-corrected chi connectivity index (χ0v) is 21.5. The SMILES string of the molecule is CC(C)(C)[Si](C)(C)OC[C@@]1(C)C(=O)CC[C@@]2(C)[C@H]1CC[C@@]1(C)c3cocc3CC[C@H]21. The van der Waals surface area contributed by atoms with Gasteiger partial charge in [0, 0.05) is 13.0 Å². The third kappa shape index (κ3) is 3.03. The topological polar surface area (TPSA) is 39.4 Å². The van der Waals surface area contributed by atoms with Gasteiger partial charge in [-0.25, -0.2) is 0 Å². The van der Waals surface area contributed by atoms with Gasteiger partial charge in [-0.2, -0.15) is 0 Å². The summed E-state index contributed by atoms with van der Waals surface area (Å²) in [5.74, 6) is 1.45. The van der Waals surface area contributed by atoms with Crippen molar-refractivity contribution in [2.75, 3.05) is 6.61 Å². The Morgan fingerprint density at radius 1 is 1.07 bits per heavy atom. The summed E-state index contributed by atoms with van der Waals surface area (Å²) in [7, 11) is -1.90. The van der Waals surface area contributed by atoms with Gasteiger partial charge in [-0.3, -0.25) is 4.79 Å². The quantitative estimate of drug-likeness (QED) is 0.489. The van der Waals surface area contributed by atoms with Crippen molar-refractivity contribution in [3.05, 3.63) is 23.7 Å². The average molecular weight is 431 g/mol. The largest absolute Gasteiger partial charge is 0.472 e. The highest BCUT2D eigenvalue weighted by atomic mass is 28.4. The first-order chi connectivity index (χ1) is 13.8. The highest BCUT2D eigenvalue weighted by Crippen LogP contribution is 2.66. The molecule has 1 heterocycles. The number of carbonyl (C=O) groups is 1. The first kappa shape index (κ1) is 22.3. The molecule has 0 aliphatic heterocycles. The van der Waals surface area contributed by atoms with E-state index in [2.05, 4.69) is 54.6 Å². The third-order valence-electron chi connectivity index (χ3n) is 10.2. The number of carbonyl (C=O) groups excluding carboxylic acids is 1. The number of rotatable bonds is 3. The molecule has 168 valence electrons. The minimum atomic E-state index is -1.90. The average Bonchev–Trinajstić information content (AvgIpc) is 3.13. The van der Waals surface area contributed by atoms with E-state index < -0.39 is 8.32 Å². The van der Waals surface area contributed by atoms with Gasteiger partial charge in [0.1, 0.15) is 5.78 Å². The van der Waals surface area contributed by atoms with Gasteiger partial charge in [-0.15, -0.1) is 0 Å². The summed E-state index contributed by atoms with van der Waals surface area (Å²) in [4.78, 5) is 13.4. The maximum atomic E-state index is 13.4. The summed E-state index contributed by atoms with van der Waals surface area (Å²) in [6.07, 6.45) is 10.3. The molecule has 0 unspecified atom stereocenters. The summed E-state index contributed by atoms with van der Waals surface area (Å²) < 4.78 is 12.4. The minimum absolute atomic E-state index is 0.163. The summed E-state index contributed by atoms with van der Waals surface area (Å²) in [5.41, 5.74) is 2.84. The Balaban J connectivity index is 1.66. The molecular formula is C26H42O3Si. The molecule has 1 aromatic rings. The van der Waals surface area contributed by atoms with E-state index in [-0.39, 0.29) is 21.3 Å².